The number of esters is 1. The largest absolute Gasteiger partial charge is 0.453 e. The average Bonchev–Trinajstić information content (AvgIpc) is 3.04. The molecule has 0 bridgehead atoms. The van der Waals surface area contributed by atoms with Gasteiger partial charge in [-0.25, -0.2) is 9.78 Å². The Morgan fingerprint density at radius 1 is 1.20 bits per heavy atom. The molecule has 0 unspecified atom stereocenters. The summed E-state index contributed by atoms with van der Waals surface area (Å²) in [5.74, 6) is -0.489. The Bertz CT molecular complexity index is 1130. The van der Waals surface area contributed by atoms with Gasteiger partial charge in [-0.2, -0.15) is 0 Å². The normalized spacial score (nSPS) is 11.1. The van der Waals surface area contributed by atoms with Crippen molar-refractivity contribution in [3.05, 3.63) is 81.0 Å². The van der Waals surface area contributed by atoms with Crippen LogP contribution in [0.15, 0.2) is 68.4 Å². The van der Waals surface area contributed by atoms with E-state index in [9.17, 15) is 9.59 Å². The van der Waals surface area contributed by atoms with Crippen LogP contribution in [0.5, 0.6) is 0 Å². The second-order valence-corrected chi connectivity index (χ2v) is 6.30. The zero-order valence-electron chi connectivity index (χ0n) is 12.8. The van der Waals surface area contributed by atoms with Gasteiger partial charge in [-0.3, -0.25) is 9.20 Å². The van der Waals surface area contributed by atoms with Gasteiger partial charge >= 0.3 is 5.97 Å². The highest BCUT2D eigenvalue weighted by Crippen LogP contribution is 2.19. The fraction of sp³-hybridized carbons (Fsp3) is 0.0556. The molecule has 0 aliphatic rings. The molecule has 4 rings (SSSR count). The van der Waals surface area contributed by atoms with Crippen molar-refractivity contribution in [2.45, 2.75) is 6.61 Å². The van der Waals surface area contributed by atoms with Crippen molar-refractivity contribution >= 4 is 38.5 Å². The highest BCUT2D eigenvalue weighted by atomic mass is 79.9. The molecule has 0 amide bonds. The van der Waals surface area contributed by atoms with Crippen LogP contribution in [0.1, 0.15) is 16.2 Å². The predicted molar refractivity (Wildman–Crippen MR) is 94.5 cm³/mol. The number of fused-ring (bicyclic) bond motifs is 2. The highest BCUT2D eigenvalue weighted by Gasteiger charge is 2.14. The van der Waals surface area contributed by atoms with Gasteiger partial charge in [-0.1, -0.05) is 18.2 Å². The first-order chi connectivity index (χ1) is 12.1. The number of hydrogen-bond donors (Lipinski definition) is 0. The first-order valence-corrected chi connectivity index (χ1v) is 8.23. The standard InChI is InChI=1S/C18H11BrN2O4/c19-12-5-6-16-20-13(8-17(22)21(16)9-12)10-24-18(23)15-7-11-3-1-2-4-14(11)25-15/h1-9H,10H2. The minimum Gasteiger partial charge on any atom is -0.453 e. The summed E-state index contributed by atoms with van der Waals surface area (Å²) in [4.78, 5) is 28.6. The monoisotopic (exact) mass is 398 g/mol. The van der Waals surface area contributed by atoms with Gasteiger partial charge < -0.3 is 9.15 Å². The molecule has 0 aliphatic carbocycles. The topological polar surface area (TPSA) is 73.8 Å². The van der Waals surface area contributed by atoms with Gasteiger partial charge in [0.1, 0.15) is 17.8 Å². The second-order valence-electron chi connectivity index (χ2n) is 5.39. The first-order valence-electron chi connectivity index (χ1n) is 7.44. The summed E-state index contributed by atoms with van der Waals surface area (Å²) in [6.45, 7) is -0.113. The highest BCUT2D eigenvalue weighted by molar-refractivity contribution is 9.10. The molecular weight excluding hydrogens is 388 g/mol. The van der Waals surface area contributed by atoms with Crippen LogP contribution in [0.4, 0.5) is 0 Å². The third kappa shape index (κ3) is 3.06. The molecule has 0 fully saturated rings. The smallest absolute Gasteiger partial charge is 0.374 e. The minimum atomic E-state index is -0.603. The summed E-state index contributed by atoms with van der Waals surface area (Å²) >= 11 is 3.31. The van der Waals surface area contributed by atoms with Crippen LogP contribution < -0.4 is 5.56 Å². The van der Waals surface area contributed by atoms with Crippen LogP contribution >= 0.6 is 15.9 Å². The van der Waals surface area contributed by atoms with Gasteiger partial charge in [-0.15, -0.1) is 0 Å². The maximum Gasteiger partial charge on any atom is 0.374 e. The van der Waals surface area contributed by atoms with Crippen molar-refractivity contribution in [2.75, 3.05) is 0 Å². The molecule has 0 radical (unpaired) electrons. The summed E-state index contributed by atoms with van der Waals surface area (Å²) in [6, 6.07) is 13.8. The minimum absolute atomic E-state index is 0.113. The summed E-state index contributed by atoms with van der Waals surface area (Å²) in [6.07, 6.45) is 1.63. The molecular formula is C18H11BrN2O4. The Morgan fingerprint density at radius 3 is 2.88 bits per heavy atom. The van der Waals surface area contributed by atoms with Gasteiger partial charge in [0.05, 0.1) is 5.69 Å². The van der Waals surface area contributed by atoms with Crippen molar-refractivity contribution in [1.82, 2.24) is 9.38 Å². The quantitative estimate of drug-likeness (QED) is 0.493. The zero-order chi connectivity index (χ0) is 17.4. The summed E-state index contributed by atoms with van der Waals surface area (Å²) in [5, 5.41) is 0.821. The third-order valence-electron chi connectivity index (χ3n) is 3.65. The molecule has 6 nitrogen and oxygen atoms in total. The van der Waals surface area contributed by atoms with Gasteiger partial charge in [0.15, 0.2) is 0 Å². The van der Waals surface area contributed by atoms with Gasteiger partial charge in [-0.05, 0) is 40.2 Å². The number of nitrogens with zero attached hydrogens (tertiary/aromatic N) is 2. The van der Waals surface area contributed by atoms with E-state index in [2.05, 4.69) is 20.9 Å². The summed E-state index contributed by atoms with van der Waals surface area (Å²) in [7, 11) is 0. The lowest BCUT2D eigenvalue weighted by Gasteiger charge is -2.05. The predicted octanol–water partition coefficient (Wildman–Crippen LogP) is 3.56. The molecule has 3 aromatic heterocycles. The Hall–Kier alpha value is -2.93. The molecule has 7 heteroatoms. The fourth-order valence-electron chi connectivity index (χ4n) is 2.49. The Morgan fingerprint density at radius 2 is 2.04 bits per heavy atom. The van der Waals surface area contributed by atoms with E-state index in [0.29, 0.717) is 16.9 Å². The van der Waals surface area contributed by atoms with Crippen molar-refractivity contribution in [1.29, 1.82) is 0 Å². The molecule has 4 aromatic rings. The number of aromatic nitrogens is 2. The van der Waals surface area contributed by atoms with Gasteiger partial charge in [0, 0.05) is 22.1 Å². The van der Waals surface area contributed by atoms with E-state index in [-0.39, 0.29) is 17.9 Å². The SMILES string of the molecule is O=C(OCc1cc(=O)n2cc(Br)ccc2n1)c1cc2ccccc2o1. The molecule has 0 aliphatic heterocycles. The van der Waals surface area contributed by atoms with Crippen molar-refractivity contribution in [3.8, 4) is 0 Å². The van der Waals surface area contributed by atoms with Crippen LogP contribution in [-0.4, -0.2) is 15.4 Å². The number of benzene rings is 1. The number of ether oxygens (including phenoxy) is 1. The number of furan rings is 1. The molecule has 25 heavy (non-hydrogen) atoms. The van der Waals surface area contributed by atoms with E-state index < -0.39 is 5.97 Å². The van der Waals surface area contributed by atoms with Crippen LogP contribution in [0.25, 0.3) is 16.6 Å². The molecule has 0 spiro atoms. The van der Waals surface area contributed by atoms with E-state index in [1.807, 2.05) is 18.2 Å². The molecule has 124 valence electrons. The molecule has 3 heterocycles. The lowest BCUT2D eigenvalue weighted by atomic mass is 10.2. The first kappa shape index (κ1) is 15.6. The lowest BCUT2D eigenvalue weighted by Crippen LogP contribution is -2.16. The maximum absolute atomic E-state index is 12.1. The number of rotatable bonds is 3. The fourth-order valence-corrected chi connectivity index (χ4v) is 2.83. The molecule has 1 aromatic carbocycles. The lowest BCUT2D eigenvalue weighted by molar-refractivity contribution is 0.0434. The Labute approximate surface area is 149 Å². The van der Waals surface area contributed by atoms with E-state index in [0.717, 1.165) is 9.86 Å². The van der Waals surface area contributed by atoms with E-state index in [4.69, 9.17) is 9.15 Å². The zero-order valence-corrected chi connectivity index (χ0v) is 14.4. The van der Waals surface area contributed by atoms with E-state index in [1.54, 1.807) is 30.5 Å². The third-order valence-corrected chi connectivity index (χ3v) is 4.12. The van der Waals surface area contributed by atoms with Crippen molar-refractivity contribution in [3.63, 3.8) is 0 Å². The molecule has 0 N–H and O–H groups in total. The van der Waals surface area contributed by atoms with Gasteiger partial charge in [0.2, 0.25) is 5.76 Å². The summed E-state index contributed by atoms with van der Waals surface area (Å²) < 4.78 is 12.9. The number of para-hydroxylation sites is 1. The average molecular weight is 399 g/mol. The van der Waals surface area contributed by atoms with Crippen LogP contribution in [0.2, 0.25) is 0 Å². The van der Waals surface area contributed by atoms with Gasteiger partial charge in [0.25, 0.3) is 5.56 Å². The summed E-state index contributed by atoms with van der Waals surface area (Å²) in [5.41, 5.74) is 1.21. The number of carbonyl (C=O) groups excluding carboxylic acids is 1. The molecule has 0 saturated carbocycles. The Balaban J connectivity index is 1.56. The van der Waals surface area contributed by atoms with Crippen molar-refractivity contribution in [2.24, 2.45) is 0 Å². The van der Waals surface area contributed by atoms with Crippen LogP contribution in [0.3, 0.4) is 0 Å². The molecule has 0 saturated heterocycles. The van der Waals surface area contributed by atoms with Crippen molar-refractivity contribution < 1.29 is 13.9 Å². The number of carbonyl (C=O) groups is 1. The number of halogens is 1. The Kier molecular flexibility index (Phi) is 3.85. The number of hydrogen-bond acceptors (Lipinski definition) is 5. The number of pyridine rings is 1. The maximum atomic E-state index is 12.1. The van der Waals surface area contributed by atoms with Crippen LogP contribution in [-0.2, 0) is 11.3 Å². The van der Waals surface area contributed by atoms with E-state index in [1.165, 1.54) is 10.5 Å². The molecule has 0 atom stereocenters. The second kappa shape index (κ2) is 6.18. The van der Waals surface area contributed by atoms with E-state index >= 15 is 0 Å². The van der Waals surface area contributed by atoms with Crippen LogP contribution in [0, 0.1) is 0 Å².